The van der Waals surface area contributed by atoms with E-state index in [0.717, 1.165) is 28.5 Å². The van der Waals surface area contributed by atoms with Crippen LogP contribution < -0.4 is 14.8 Å². The van der Waals surface area contributed by atoms with E-state index in [1.165, 1.54) is 0 Å². The number of carbonyl (C=O) groups excluding carboxylic acids is 1. The molecular formula is C26H25N3O3. The number of hydrogen-bond donors (Lipinski definition) is 1. The van der Waals surface area contributed by atoms with Crippen LogP contribution in [-0.2, 0) is 6.54 Å². The van der Waals surface area contributed by atoms with Crippen molar-refractivity contribution in [1.82, 2.24) is 9.78 Å². The minimum Gasteiger partial charge on any atom is -0.496 e. The van der Waals surface area contributed by atoms with Gasteiger partial charge in [-0.2, -0.15) is 5.10 Å². The number of nitrogens with one attached hydrogen (secondary N) is 1. The van der Waals surface area contributed by atoms with Crippen LogP contribution in [-0.4, -0.2) is 22.8 Å². The molecule has 0 bridgehead atoms. The first-order valence-electron chi connectivity index (χ1n) is 10.4. The fourth-order valence-electron chi connectivity index (χ4n) is 3.55. The van der Waals surface area contributed by atoms with E-state index in [1.54, 1.807) is 19.2 Å². The number of amides is 1. The van der Waals surface area contributed by atoms with Gasteiger partial charge in [0.2, 0.25) is 0 Å². The van der Waals surface area contributed by atoms with Gasteiger partial charge in [-0.25, -0.2) is 0 Å². The maximum atomic E-state index is 12.8. The second-order valence-electron chi connectivity index (χ2n) is 7.42. The molecule has 6 heteroatoms. The fourth-order valence-corrected chi connectivity index (χ4v) is 3.55. The molecule has 0 saturated carbocycles. The summed E-state index contributed by atoms with van der Waals surface area (Å²) in [5.74, 6) is 1.85. The van der Waals surface area contributed by atoms with Crippen LogP contribution in [0.25, 0.3) is 0 Å². The first-order chi connectivity index (χ1) is 15.5. The van der Waals surface area contributed by atoms with Crippen LogP contribution in [0.1, 0.15) is 27.3 Å². The van der Waals surface area contributed by atoms with E-state index in [4.69, 9.17) is 9.47 Å². The molecule has 0 fully saturated rings. The molecule has 162 valence electrons. The highest BCUT2D eigenvalue weighted by Crippen LogP contribution is 2.26. The summed E-state index contributed by atoms with van der Waals surface area (Å²) in [6, 6.07) is 24.7. The smallest absolute Gasteiger partial charge is 0.259 e. The summed E-state index contributed by atoms with van der Waals surface area (Å²) < 4.78 is 13.1. The number of anilines is 1. The van der Waals surface area contributed by atoms with E-state index < -0.39 is 0 Å². The van der Waals surface area contributed by atoms with Crippen LogP contribution in [0.2, 0.25) is 0 Å². The number of carbonyl (C=O) groups is 1. The minimum absolute atomic E-state index is 0.230. The van der Waals surface area contributed by atoms with Crippen molar-refractivity contribution in [3.05, 3.63) is 101 Å². The molecule has 0 unspecified atom stereocenters. The number of hydrogen-bond acceptors (Lipinski definition) is 4. The van der Waals surface area contributed by atoms with Crippen molar-refractivity contribution in [3.8, 4) is 17.2 Å². The summed E-state index contributed by atoms with van der Waals surface area (Å²) >= 11 is 0. The lowest BCUT2D eigenvalue weighted by Crippen LogP contribution is -2.14. The lowest BCUT2D eigenvalue weighted by Gasteiger charge is -2.10. The van der Waals surface area contributed by atoms with Crippen molar-refractivity contribution < 1.29 is 14.3 Å². The van der Waals surface area contributed by atoms with Crippen LogP contribution in [0.3, 0.4) is 0 Å². The SMILES string of the molecule is COc1ccccc1C(=O)Nc1c(C)nn(Cc2cccc(Oc3ccccc3)c2)c1C. The van der Waals surface area contributed by atoms with Gasteiger partial charge in [-0.05, 0) is 55.8 Å². The second kappa shape index (κ2) is 9.39. The molecule has 1 aromatic heterocycles. The highest BCUT2D eigenvalue weighted by molar-refractivity contribution is 6.06. The molecule has 0 aliphatic rings. The first kappa shape index (κ1) is 21.2. The third-order valence-corrected chi connectivity index (χ3v) is 5.18. The fraction of sp³-hybridized carbons (Fsp3) is 0.154. The summed E-state index contributed by atoms with van der Waals surface area (Å²) in [4.78, 5) is 12.8. The van der Waals surface area contributed by atoms with Gasteiger partial charge in [0.15, 0.2) is 0 Å². The highest BCUT2D eigenvalue weighted by Gasteiger charge is 2.18. The summed E-state index contributed by atoms with van der Waals surface area (Å²) in [5.41, 5.74) is 3.86. The van der Waals surface area contributed by atoms with Crippen molar-refractivity contribution >= 4 is 11.6 Å². The molecule has 1 N–H and O–H groups in total. The number of methoxy groups -OCH3 is 1. The van der Waals surface area contributed by atoms with Crippen molar-refractivity contribution in [2.24, 2.45) is 0 Å². The third-order valence-electron chi connectivity index (χ3n) is 5.18. The van der Waals surface area contributed by atoms with Crippen LogP contribution in [0.5, 0.6) is 17.2 Å². The van der Waals surface area contributed by atoms with Crippen molar-refractivity contribution in [2.75, 3.05) is 12.4 Å². The Morgan fingerprint density at radius 2 is 1.66 bits per heavy atom. The Morgan fingerprint density at radius 3 is 2.44 bits per heavy atom. The topological polar surface area (TPSA) is 65.4 Å². The van der Waals surface area contributed by atoms with Gasteiger partial charge >= 0.3 is 0 Å². The predicted octanol–water partition coefficient (Wildman–Crippen LogP) is 5.60. The van der Waals surface area contributed by atoms with E-state index in [1.807, 2.05) is 85.3 Å². The van der Waals surface area contributed by atoms with E-state index >= 15 is 0 Å². The number of aryl methyl sites for hydroxylation is 1. The van der Waals surface area contributed by atoms with E-state index in [9.17, 15) is 4.79 Å². The zero-order valence-corrected chi connectivity index (χ0v) is 18.3. The molecule has 6 nitrogen and oxygen atoms in total. The predicted molar refractivity (Wildman–Crippen MR) is 125 cm³/mol. The van der Waals surface area contributed by atoms with Gasteiger partial charge in [0.05, 0.1) is 36.3 Å². The van der Waals surface area contributed by atoms with Crippen LogP contribution >= 0.6 is 0 Å². The Balaban J connectivity index is 1.52. The van der Waals surface area contributed by atoms with Gasteiger partial charge in [0.25, 0.3) is 5.91 Å². The summed E-state index contributed by atoms with van der Waals surface area (Å²) in [6.07, 6.45) is 0. The van der Waals surface area contributed by atoms with Gasteiger partial charge in [0, 0.05) is 0 Å². The molecule has 3 aromatic carbocycles. The monoisotopic (exact) mass is 427 g/mol. The molecule has 32 heavy (non-hydrogen) atoms. The maximum Gasteiger partial charge on any atom is 0.259 e. The van der Waals surface area contributed by atoms with Crippen LogP contribution in [0.4, 0.5) is 5.69 Å². The number of benzene rings is 3. The van der Waals surface area contributed by atoms with E-state index in [2.05, 4.69) is 10.4 Å². The molecule has 0 saturated heterocycles. The average molecular weight is 428 g/mol. The molecule has 4 rings (SSSR count). The highest BCUT2D eigenvalue weighted by atomic mass is 16.5. The normalized spacial score (nSPS) is 10.6. The third kappa shape index (κ3) is 4.64. The van der Waals surface area contributed by atoms with Gasteiger partial charge in [-0.15, -0.1) is 0 Å². The number of rotatable bonds is 7. The number of nitrogens with zero attached hydrogens (tertiary/aromatic N) is 2. The standard InChI is InChI=1S/C26H25N3O3/c1-18-25(27-26(30)23-14-7-8-15-24(23)31-3)19(2)29(28-18)17-20-10-9-13-22(16-20)32-21-11-5-4-6-12-21/h4-16H,17H2,1-3H3,(H,27,30). The Hall–Kier alpha value is -4.06. The lowest BCUT2D eigenvalue weighted by atomic mass is 10.1. The molecular weight excluding hydrogens is 402 g/mol. The lowest BCUT2D eigenvalue weighted by molar-refractivity contribution is 0.102. The zero-order valence-electron chi connectivity index (χ0n) is 18.3. The average Bonchev–Trinajstić information content (AvgIpc) is 3.07. The van der Waals surface area contributed by atoms with Gasteiger partial charge < -0.3 is 14.8 Å². The number of ether oxygens (including phenoxy) is 2. The zero-order chi connectivity index (χ0) is 22.5. The number of aromatic nitrogens is 2. The molecule has 0 spiro atoms. The molecule has 1 amide bonds. The van der Waals surface area contributed by atoms with Gasteiger partial charge in [-0.1, -0.05) is 42.5 Å². The Morgan fingerprint density at radius 1 is 0.938 bits per heavy atom. The maximum absolute atomic E-state index is 12.8. The Labute approximate surface area is 187 Å². The molecule has 0 aliphatic carbocycles. The summed E-state index contributed by atoms with van der Waals surface area (Å²) in [6.45, 7) is 4.39. The van der Waals surface area contributed by atoms with Crippen molar-refractivity contribution in [3.63, 3.8) is 0 Å². The Kier molecular flexibility index (Phi) is 6.22. The first-order valence-corrected chi connectivity index (χ1v) is 10.4. The molecule has 0 atom stereocenters. The molecule has 4 aromatic rings. The molecule has 0 radical (unpaired) electrons. The summed E-state index contributed by atoms with van der Waals surface area (Å²) in [5, 5.41) is 7.63. The quantitative estimate of drug-likeness (QED) is 0.417. The minimum atomic E-state index is -0.230. The molecule has 1 heterocycles. The van der Waals surface area contributed by atoms with Gasteiger partial charge in [0.1, 0.15) is 17.2 Å². The van der Waals surface area contributed by atoms with Crippen molar-refractivity contribution in [1.29, 1.82) is 0 Å². The van der Waals surface area contributed by atoms with Gasteiger partial charge in [-0.3, -0.25) is 9.48 Å². The van der Waals surface area contributed by atoms with Crippen molar-refractivity contribution in [2.45, 2.75) is 20.4 Å². The van der Waals surface area contributed by atoms with E-state index in [0.29, 0.717) is 23.5 Å². The van der Waals surface area contributed by atoms with E-state index in [-0.39, 0.29) is 5.91 Å². The Bertz CT molecular complexity index is 1230. The van der Waals surface area contributed by atoms with Crippen LogP contribution in [0, 0.1) is 13.8 Å². The molecule has 0 aliphatic heterocycles. The number of para-hydroxylation sites is 2. The van der Waals surface area contributed by atoms with Crippen LogP contribution in [0.15, 0.2) is 78.9 Å². The second-order valence-corrected chi connectivity index (χ2v) is 7.42. The summed E-state index contributed by atoms with van der Waals surface area (Å²) in [7, 11) is 1.55. The largest absolute Gasteiger partial charge is 0.496 e.